The van der Waals surface area contributed by atoms with Crippen LogP contribution in [0.5, 0.6) is 0 Å². The molecule has 1 unspecified atom stereocenters. The normalized spacial score (nSPS) is 12.1. The van der Waals surface area contributed by atoms with Crippen molar-refractivity contribution in [2.45, 2.75) is 45.9 Å². The number of nitrogens with zero attached hydrogens (tertiary/aromatic N) is 1. The second-order valence-corrected chi connectivity index (χ2v) is 20.4. The summed E-state index contributed by atoms with van der Waals surface area (Å²) < 4.78 is 9.54. The van der Waals surface area contributed by atoms with Crippen LogP contribution in [0.25, 0.3) is 0 Å². The van der Waals surface area contributed by atoms with Gasteiger partial charge in [0, 0.05) is 6.54 Å². The molecule has 3 heteroatoms. The van der Waals surface area contributed by atoms with Gasteiger partial charge >= 0.3 is 36.2 Å². The van der Waals surface area contributed by atoms with Crippen LogP contribution in [-0.4, -0.2) is 39.6 Å². The van der Waals surface area contributed by atoms with Crippen molar-refractivity contribution in [3.8, 4) is 0 Å². The maximum absolute atomic E-state index is 2.40. The molecule has 1 rings (SSSR count). The molecule has 0 aliphatic rings. The van der Waals surface area contributed by atoms with Gasteiger partial charge in [-0.05, 0) is 26.5 Å². The van der Waals surface area contributed by atoms with Gasteiger partial charge in [0.1, 0.15) is 0 Å². The molecular weight excluding hydrogens is 432 g/mol. The van der Waals surface area contributed by atoms with Crippen molar-refractivity contribution in [3.63, 3.8) is 0 Å². The predicted molar refractivity (Wildman–Crippen MR) is 89.3 cm³/mol. The van der Waals surface area contributed by atoms with Crippen molar-refractivity contribution in [2.75, 3.05) is 7.05 Å². The zero-order valence-electron chi connectivity index (χ0n) is 13.0. The van der Waals surface area contributed by atoms with E-state index < -0.39 is 22.7 Å². The van der Waals surface area contributed by atoms with Crippen LogP contribution >= 0.6 is 8.73 Å². The maximum atomic E-state index is 2.40. The van der Waals surface area contributed by atoms with Gasteiger partial charge in [0.2, 0.25) is 0 Å². The Labute approximate surface area is 124 Å². The zero-order valence-corrected chi connectivity index (χ0v) is 17.9. The Kier molecular flexibility index (Phi) is 9.72. The first kappa shape index (κ1) is 18.5. The first-order chi connectivity index (χ1) is 8.20. The minimum atomic E-state index is -0.657. The van der Waals surface area contributed by atoms with Crippen LogP contribution in [0.3, 0.4) is 0 Å². The molecule has 18 heavy (non-hydrogen) atoms. The molecule has 0 saturated carbocycles. The summed E-state index contributed by atoms with van der Waals surface area (Å²) in [5.74, 6) is 0. The molecule has 1 radical (unpaired) electrons. The van der Waals surface area contributed by atoms with Crippen LogP contribution in [0.15, 0.2) is 30.3 Å². The molecule has 103 valence electrons. The fourth-order valence-electron chi connectivity index (χ4n) is 1.47. The number of hydrogen-bond acceptors (Lipinski definition) is 1. The van der Waals surface area contributed by atoms with E-state index in [9.17, 15) is 0 Å². The molecule has 0 aliphatic heterocycles. The predicted octanol–water partition coefficient (Wildman–Crippen LogP) is 4.88. The molecular formula is C15H29NPPb. The summed E-state index contributed by atoms with van der Waals surface area (Å²) in [6.07, 6.45) is 0. The van der Waals surface area contributed by atoms with E-state index in [0.717, 1.165) is 15.3 Å². The Morgan fingerprint density at radius 3 is 1.89 bits per heavy atom. The third kappa shape index (κ3) is 13.0. The van der Waals surface area contributed by atoms with E-state index >= 15 is 0 Å². The fourth-order valence-corrected chi connectivity index (χ4v) is 2.88. The Morgan fingerprint density at radius 1 is 1.06 bits per heavy atom. The Morgan fingerprint density at radius 2 is 1.50 bits per heavy atom. The van der Waals surface area contributed by atoms with Gasteiger partial charge < -0.3 is 0 Å². The quantitative estimate of drug-likeness (QED) is 0.458. The molecule has 1 nitrogen and oxygen atoms in total. The molecule has 1 aromatic carbocycles. The van der Waals surface area contributed by atoms with Crippen molar-refractivity contribution >= 4 is 31.4 Å². The topological polar surface area (TPSA) is 3.24 Å². The van der Waals surface area contributed by atoms with Crippen LogP contribution in [-0.2, 0) is 6.54 Å². The van der Waals surface area contributed by atoms with Gasteiger partial charge in [-0.1, -0.05) is 51.1 Å². The van der Waals surface area contributed by atoms with Gasteiger partial charge in [-0.15, -0.1) is 0 Å². The molecule has 0 N–H and O–H groups in total. The zero-order chi connectivity index (χ0) is 14.2. The summed E-state index contributed by atoms with van der Waals surface area (Å²) in [5.41, 5.74) is 1.40. The van der Waals surface area contributed by atoms with Gasteiger partial charge in [0.25, 0.3) is 0 Å². The molecule has 1 aromatic rings. The molecule has 0 spiro atoms. The Hall–Kier alpha value is 0.532. The van der Waals surface area contributed by atoms with E-state index in [2.05, 4.69) is 76.3 Å². The Balaban J connectivity index is 0.000000631. The standard InChI is InChI=1S/C12H20NP.3CH3.Pb/c1-12(2,3)14-13(4)10-11-8-6-5-7-9-11;;;;/h5-9,14H,10H2,1-4H3;3*1H3;. The van der Waals surface area contributed by atoms with E-state index in [1.807, 2.05) is 0 Å². The monoisotopic (exact) mass is 462 g/mol. The van der Waals surface area contributed by atoms with Crippen molar-refractivity contribution in [1.29, 1.82) is 0 Å². The SMILES string of the molecule is CN(Cc1ccccc1)PC(C)(C)C.[CH3][Pb]([CH3])[CH3]. The van der Waals surface area contributed by atoms with Crippen LogP contribution < -0.4 is 0 Å². The van der Waals surface area contributed by atoms with E-state index in [1.165, 1.54) is 5.56 Å². The average molecular weight is 462 g/mol. The van der Waals surface area contributed by atoms with E-state index in [4.69, 9.17) is 0 Å². The average Bonchev–Trinajstić information content (AvgIpc) is 2.14. The summed E-state index contributed by atoms with van der Waals surface area (Å²) in [5, 5.41) is 0.406. The molecule has 0 fully saturated rings. The van der Waals surface area contributed by atoms with Crippen molar-refractivity contribution < 1.29 is 0 Å². The molecule has 0 saturated heterocycles. The Bertz CT molecular complexity index is 303. The van der Waals surface area contributed by atoms with Gasteiger partial charge in [-0.25, -0.2) is 0 Å². The third-order valence-electron chi connectivity index (χ3n) is 1.79. The van der Waals surface area contributed by atoms with E-state index in [0.29, 0.717) is 5.16 Å². The minimum absolute atomic E-state index is 0.406. The van der Waals surface area contributed by atoms with E-state index in [-0.39, 0.29) is 0 Å². The van der Waals surface area contributed by atoms with Crippen molar-refractivity contribution in [1.82, 2.24) is 4.67 Å². The van der Waals surface area contributed by atoms with Crippen molar-refractivity contribution in [2.24, 2.45) is 0 Å². The number of hydrogen-bond donors (Lipinski definition) is 0. The van der Waals surface area contributed by atoms with E-state index in [1.54, 1.807) is 0 Å². The van der Waals surface area contributed by atoms with Crippen molar-refractivity contribution in [3.05, 3.63) is 35.9 Å². The van der Waals surface area contributed by atoms with Crippen LogP contribution in [0, 0.1) is 0 Å². The van der Waals surface area contributed by atoms with Gasteiger partial charge in [0.05, 0.1) is 0 Å². The van der Waals surface area contributed by atoms with Gasteiger partial charge in [0.15, 0.2) is 0 Å². The molecule has 1 atom stereocenters. The second kappa shape index (κ2) is 9.44. The van der Waals surface area contributed by atoms with Gasteiger partial charge in [-0.3, -0.25) is 4.67 Å². The summed E-state index contributed by atoms with van der Waals surface area (Å²) in [4.78, 5) is 0. The summed E-state index contributed by atoms with van der Waals surface area (Å²) in [6, 6.07) is 10.6. The van der Waals surface area contributed by atoms with Gasteiger partial charge in [-0.2, -0.15) is 0 Å². The summed E-state index contributed by atoms with van der Waals surface area (Å²) in [7, 11) is 3.07. The van der Waals surface area contributed by atoms with Crippen LogP contribution in [0.2, 0.25) is 13.4 Å². The van der Waals surface area contributed by atoms with Crippen LogP contribution in [0.4, 0.5) is 0 Å². The molecule has 0 aliphatic carbocycles. The molecule has 0 heterocycles. The first-order valence-corrected chi connectivity index (χ1v) is 19.1. The number of rotatable bonds is 3. The fraction of sp³-hybridized carbons (Fsp3) is 0.600. The molecule has 0 bridgehead atoms. The van der Waals surface area contributed by atoms with Crippen LogP contribution in [0.1, 0.15) is 26.3 Å². The number of benzene rings is 1. The molecule has 0 aromatic heterocycles. The summed E-state index contributed by atoms with van der Waals surface area (Å²) >= 11 is -0.657. The second-order valence-electron chi connectivity index (χ2n) is 6.20. The molecule has 0 amide bonds. The first-order valence-electron chi connectivity index (χ1n) is 6.50. The third-order valence-corrected chi connectivity index (χ3v) is 3.00. The summed E-state index contributed by atoms with van der Waals surface area (Å²) in [6.45, 7) is 7.91.